The highest BCUT2D eigenvalue weighted by atomic mass is 19.3. The van der Waals surface area contributed by atoms with Crippen molar-refractivity contribution in [3.05, 3.63) is 48.5 Å². The molecule has 0 aliphatic heterocycles. The summed E-state index contributed by atoms with van der Waals surface area (Å²) in [6.07, 6.45) is 5.73. The summed E-state index contributed by atoms with van der Waals surface area (Å²) in [6, 6.07) is 4.43. The molecule has 11 heteroatoms. The van der Waals surface area contributed by atoms with E-state index in [0.29, 0.717) is 11.1 Å². The number of alkyl halides is 2. The maximum atomic E-state index is 12.2. The van der Waals surface area contributed by atoms with Crippen LogP contribution in [0.1, 0.15) is 8.30 Å². The second-order valence-corrected chi connectivity index (χ2v) is 5.00. The first-order valence-electron chi connectivity index (χ1n) is 8.32. The van der Waals surface area contributed by atoms with Gasteiger partial charge in [-0.1, -0.05) is 6.07 Å². The minimum absolute atomic E-state index is 0.183. The standard InChI is InChI=1S/C15H12F2N8O/c16-15(17)26-13-4-11(23-24-13)21-12-7-19-10-6-20-25(14(10)22-12)8-9-2-1-3-18-5-9/h1-7,15H,8H2,(H2,21,22,23,24)/i8D2. The minimum atomic E-state index is -2.99. The Morgan fingerprint density at radius 2 is 2.27 bits per heavy atom. The number of ether oxygens (including phenoxy) is 1. The molecular weight excluding hydrogens is 346 g/mol. The van der Waals surface area contributed by atoms with Crippen molar-refractivity contribution in [2.45, 2.75) is 13.1 Å². The number of nitrogens with zero attached hydrogens (tertiary/aromatic N) is 6. The molecule has 132 valence electrons. The molecule has 0 radical (unpaired) electrons. The number of fused-ring (bicyclic) bond motifs is 1. The number of hydrogen-bond acceptors (Lipinski definition) is 7. The van der Waals surface area contributed by atoms with Crippen LogP contribution >= 0.6 is 0 Å². The average molecular weight is 360 g/mol. The van der Waals surface area contributed by atoms with Crippen molar-refractivity contribution in [1.29, 1.82) is 0 Å². The second kappa shape index (κ2) is 6.70. The topological polar surface area (TPSA) is 106 Å². The van der Waals surface area contributed by atoms with Crippen LogP contribution in [0.3, 0.4) is 0 Å². The lowest BCUT2D eigenvalue weighted by Crippen LogP contribution is -2.04. The molecule has 2 N–H and O–H groups in total. The van der Waals surface area contributed by atoms with Crippen molar-refractivity contribution >= 4 is 22.8 Å². The van der Waals surface area contributed by atoms with Crippen LogP contribution in [0, 0.1) is 0 Å². The van der Waals surface area contributed by atoms with Gasteiger partial charge in [-0.15, -0.1) is 5.10 Å². The van der Waals surface area contributed by atoms with E-state index in [9.17, 15) is 8.78 Å². The zero-order valence-electron chi connectivity index (χ0n) is 15.0. The fraction of sp³-hybridized carbons (Fsp3) is 0.133. The van der Waals surface area contributed by atoms with Gasteiger partial charge in [0.15, 0.2) is 11.5 Å². The zero-order chi connectivity index (χ0) is 19.7. The Hall–Kier alpha value is -3.63. The van der Waals surface area contributed by atoms with Crippen molar-refractivity contribution in [3.63, 3.8) is 0 Å². The van der Waals surface area contributed by atoms with Gasteiger partial charge in [0, 0.05) is 18.5 Å². The maximum absolute atomic E-state index is 12.2. The van der Waals surface area contributed by atoms with Gasteiger partial charge in [-0.3, -0.25) is 10.1 Å². The number of aromatic nitrogens is 7. The SMILES string of the molecule is [2H]C([2H])(c1cccnc1)n1ncc2ncc(Nc3cc(OC(F)F)n[nH]3)nc21. The Kier molecular flexibility index (Phi) is 3.52. The number of H-pyrrole nitrogens is 1. The molecule has 0 aliphatic rings. The molecule has 0 spiro atoms. The second-order valence-electron chi connectivity index (χ2n) is 5.00. The summed E-state index contributed by atoms with van der Waals surface area (Å²) in [5.41, 5.74) is 0.856. The lowest BCUT2D eigenvalue weighted by atomic mass is 10.3. The van der Waals surface area contributed by atoms with Gasteiger partial charge < -0.3 is 10.1 Å². The van der Waals surface area contributed by atoms with Gasteiger partial charge in [-0.2, -0.15) is 13.9 Å². The van der Waals surface area contributed by atoms with Crippen molar-refractivity contribution < 1.29 is 16.3 Å². The van der Waals surface area contributed by atoms with Gasteiger partial charge in [0.25, 0.3) is 0 Å². The number of halogens is 2. The van der Waals surface area contributed by atoms with Crippen LogP contribution in [0.4, 0.5) is 20.4 Å². The summed E-state index contributed by atoms with van der Waals surface area (Å²) in [5.74, 6) is 0.179. The fourth-order valence-electron chi connectivity index (χ4n) is 2.15. The summed E-state index contributed by atoms with van der Waals surface area (Å²) in [4.78, 5) is 12.4. The van der Waals surface area contributed by atoms with E-state index in [2.05, 4.69) is 40.3 Å². The van der Waals surface area contributed by atoms with E-state index in [0.717, 1.165) is 4.68 Å². The van der Waals surface area contributed by atoms with Crippen LogP contribution in [0.15, 0.2) is 43.0 Å². The summed E-state index contributed by atoms with van der Waals surface area (Å²) < 4.78 is 46.5. The molecule has 0 aliphatic carbocycles. The summed E-state index contributed by atoms with van der Waals surface area (Å²) in [5, 5.41) is 12.9. The highest BCUT2D eigenvalue weighted by molar-refractivity contribution is 5.72. The van der Waals surface area contributed by atoms with E-state index in [-0.39, 0.29) is 23.2 Å². The molecule has 4 rings (SSSR count). The molecule has 26 heavy (non-hydrogen) atoms. The van der Waals surface area contributed by atoms with Crippen LogP contribution in [0.25, 0.3) is 11.2 Å². The molecule has 0 fully saturated rings. The van der Waals surface area contributed by atoms with E-state index in [4.69, 9.17) is 2.74 Å². The monoisotopic (exact) mass is 360 g/mol. The maximum Gasteiger partial charge on any atom is 0.388 e. The first-order chi connectivity index (χ1) is 13.4. The normalized spacial score (nSPS) is 12.9. The molecule has 9 nitrogen and oxygen atoms in total. The van der Waals surface area contributed by atoms with E-state index < -0.39 is 13.1 Å². The lowest BCUT2D eigenvalue weighted by molar-refractivity contribution is -0.0528. The average Bonchev–Trinajstić information content (AvgIpc) is 3.29. The summed E-state index contributed by atoms with van der Waals surface area (Å²) in [6.45, 7) is -5.01. The molecule has 0 amide bonds. The Labute approximate surface area is 147 Å². The van der Waals surface area contributed by atoms with E-state index in [1.165, 1.54) is 24.7 Å². The van der Waals surface area contributed by atoms with Gasteiger partial charge in [0.2, 0.25) is 5.88 Å². The number of anilines is 2. The van der Waals surface area contributed by atoms with E-state index >= 15 is 0 Å². The predicted molar refractivity (Wildman–Crippen MR) is 87.2 cm³/mol. The fourth-order valence-corrected chi connectivity index (χ4v) is 2.15. The Bertz CT molecular complexity index is 1100. The van der Waals surface area contributed by atoms with Crippen LogP contribution < -0.4 is 10.1 Å². The number of rotatable bonds is 6. The molecule has 4 heterocycles. The lowest BCUT2D eigenvalue weighted by Gasteiger charge is -2.05. The quantitative estimate of drug-likeness (QED) is 0.543. The number of pyridine rings is 1. The largest absolute Gasteiger partial charge is 0.415 e. The number of nitrogens with one attached hydrogen (secondary N) is 2. The van der Waals surface area contributed by atoms with Crippen molar-refractivity contribution in [2.24, 2.45) is 0 Å². The van der Waals surface area contributed by atoms with Gasteiger partial charge >= 0.3 is 6.61 Å². The Morgan fingerprint density at radius 3 is 3.08 bits per heavy atom. The first kappa shape index (κ1) is 13.6. The Morgan fingerprint density at radius 1 is 1.35 bits per heavy atom. The highest BCUT2D eigenvalue weighted by Crippen LogP contribution is 2.20. The van der Waals surface area contributed by atoms with Crippen LogP contribution in [-0.2, 0) is 6.50 Å². The summed E-state index contributed by atoms with van der Waals surface area (Å²) >= 11 is 0. The third kappa shape index (κ3) is 3.41. The van der Waals surface area contributed by atoms with Crippen LogP contribution in [-0.4, -0.2) is 41.5 Å². The molecule has 4 aromatic heterocycles. The van der Waals surface area contributed by atoms with Crippen LogP contribution in [0.2, 0.25) is 0 Å². The van der Waals surface area contributed by atoms with E-state index in [1.807, 2.05) is 0 Å². The van der Waals surface area contributed by atoms with Gasteiger partial charge in [-0.25, -0.2) is 14.6 Å². The molecule has 0 saturated carbocycles. The minimum Gasteiger partial charge on any atom is -0.415 e. The zero-order valence-corrected chi connectivity index (χ0v) is 13.0. The van der Waals surface area contributed by atoms with E-state index in [1.54, 1.807) is 18.3 Å². The third-order valence-corrected chi connectivity index (χ3v) is 3.20. The molecule has 4 aromatic rings. The van der Waals surface area contributed by atoms with Crippen molar-refractivity contribution in [3.8, 4) is 5.88 Å². The molecule has 0 atom stereocenters. The molecule has 0 bridgehead atoms. The molecule has 0 unspecified atom stereocenters. The first-order valence-corrected chi connectivity index (χ1v) is 7.32. The van der Waals surface area contributed by atoms with Gasteiger partial charge in [0.05, 0.1) is 21.6 Å². The van der Waals surface area contributed by atoms with Gasteiger partial charge in [0.1, 0.15) is 11.3 Å². The molecule has 0 saturated heterocycles. The highest BCUT2D eigenvalue weighted by Gasteiger charge is 2.11. The van der Waals surface area contributed by atoms with Crippen LogP contribution in [0.5, 0.6) is 5.88 Å². The molecule has 0 aromatic carbocycles. The number of hydrogen-bond donors (Lipinski definition) is 2. The smallest absolute Gasteiger partial charge is 0.388 e. The van der Waals surface area contributed by atoms with Crippen molar-refractivity contribution in [2.75, 3.05) is 5.32 Å². The molecular formula is C15H12F2N8O. The van der Waals surface area contributed by atoms with Crippen molar-refractivity contribution in [1.82, 2.24) is 34.9 Å². The van der Waals surface area contributed by atoms with Gasteiger partial charge in [-0.05, 0) is 11.6 Å². The number of aromatic amines is 1. The summed E-state index contributed by atoms with van der Waals surface area (Å²) in [7, 11) is 0. The Balaban J connectivity index is 1.66. The predicted octanol–water partition coefficient (Wildman–Crippen LogP) is 2.34. The third-order valence-electron chi connectivity index (χ3n) is 3.20.